The highest BCUT2D eigenvalue weighted by atomic mass is 35.5. The van der Waals surface area contributed by atoms with Gasteiger partial charge < -0.3 is 0 Å². The van der Waals surface area contributed by atoms with E-state index in [1.807, 2.05) is 6.92 Å². The summed E-state index contributed by atoms with van der Waals surface area (Å²) in [5.74, 6) is 0. The minimum atomic E-state index is -4.33. The lowest BCUT2D eigenvalue weighted by Crippen LogP contribution is -2.26. The molecule has 0 nitrogen and oxygen atoms in total. The summed E-state index contributed by atoms with van der Waals surface area (Å²) in [5.41, 5.74) is 0. The molecular weight excluding hydrogens is 224 g/mol. The van der Waals surface area contributed by atoms with E-state index in [2.05, 4.69) is 0 Å². The average molecular weight is 237 g/mol. The Morgan fingerprint density at radius 3 is 2.15 bits per heavy atom. The van der Waals surface area contributed by atoms with Crippen LogP contribution in [0.15, 0.2) is 0 Å². The third-order valence-corrected chi connectivity index (χ3v) is 2.51. The molecule has 0 aliphatic heterocycles. The van der Waals surface area contributed by atoms with Crippen molar-refractivity contribution in [2.24, 2.45) is 0 Å². The van der Waals surface area contributed by atoms with E-state index >= 15 is 0 Å². The summed E-state index contributed by atoms with van der Waals surface area (Å²) in [4.78, 5) is 0. The maximum absolute atomic E-state index is 11.9. The van der Waals surface area contributed by atoms with Gasteiger partial charge in [0.15, 0.2) is 0 Å². The van der Waals surface area contributed by atoms with Crippen LogP contribution in [0.1, 0.15) is 32.6 Å². The van der Waals surface area contributed by atoms with Gasteiger partial charge in [-0.1, -0.05) is 19.8 Å². The van der Waals surface area contributed by atoms with Gasteiger partial charge in [0.25, 0.3) is 0 Å². The molecule has 0 aromatic heterocycles. The molecule has 2 atom stereocenters. The van der Waals surface area contributed by atoms with E-state index in [1.165, 1.54) is 0 Å². The summed E-state index contributed by atoms with van der Waals surface area (Å²) in [5, 5.41) is -2.28. The Bertz CT molecular complexity index is 136. The number of hydrogen-bond donors (Lipinski definition) is 0. The third-order valence-electron chi connectivity index (χ3n) is 1.69. The monoisotopic (exact) mass is 236 g/mol. The first-order valence-electron chi connectivity index (χ1n) is 4.22. The molecule has 0 radical (unpaired) electrons. The zero-order valence-electron chi connectivity index (χ0n) is 7.37. The topological polar surface area (TPSA) is 0 Å². The molecule has 0 saturated heterocycles. The van der Waals surface area contributed by atoms with Crippen molar-refractivity contribution < 1.29 is 13.2 Å². The van der Waals surface area contributed by atoms with Crippen LogP contribution in [0.25, 0.3) is 0 Å². The molecule has 80 valence electrons. The highest BCUT2D eigenvalue weighted by Gasteiger charge is 2.38. The Morgan fingerprint density at radius 1 is 1.23 bits per heavy atom. The van der Waals surface area contributed by atoms with Crippen molar-refractivity contribution in [1.29, 1.82) is 0 Å². The minimum absolute atomic E-state index is 0.202. The van der Waals surface area contributed by atoms with Crippen LogP contribution in [0.5, 0.6) is 0 Å². The Kier molecular flexibility index (Phi) is 6.14. The van der Waals surface area contributed by atoms with Crippen molar-refractivity contribution in [3.8, 4) is 0 Å². The molecule has 5 heteroatoms. The van der Waals surface area contributed by atoms with Crippen LogP contribution in [-0.2, 0) is 0 Å². The van der Waals surface area contributed by atoms with Crippen molar-refractivity contribution in [3.63, 3.8) is 0 Å². The second-order valence-electron chi connectivity index (χ2n) is 2.98. The van der Waals surface area contributed by atoms with E-state index in [0.717, 1.165) is 12.8 Å². The SMILES string of the molecule is CCCCC(Cl)CC(Cl)C(F)(F)F. The molecule has 13 heavy (non-hydrogen) atoms. The fraction of sp³-hybridized carbons (Fsp3) is 1.00. The van der Waals surface area contributed by atoms with E-state index in [0.29, 0.717) is 6.42 Å². The first-order chi connectivity index (χ1) is 5.88. The molecule has 0 aliphatic rings. The zero-order valence-corrected chi connectivity index (χ0v) is 8.88. The lowest BCUT2D eigenvalue weighted by atomic mass is 10.1. The standard InChI is InChI=1S/C8H13Cl2F3/c1-2-3-4-6(9)5-7(10)8(11,12)13/h6-7H,2-5H2,1H3. The molecule has 0 amide bonds. The Balaban J connectivity index is 3.71. The van der Waals surface area contributed by atoms with Gasteiger partial charge in [0, 0.05) is 5.38 Å². The smallest absolute Gasteiger partial charge is 0.169 e. The largest absolute Gasteiger partial charge is 0.404 e. The van der Waals surface area contributed by atoms with E-state index in [9.17, 15) is 13.2 Å². The molecule has 0 rings (SSSR count). The van der Waals surface area contributed by atoms with Gasteiger partial charge in [-0.15, -0.1) is 23.2 Å². The summed E-state index contributed by atoms with van der Waals surface area (Å²) in [6.45, 7) is 1.96. The summed E-state index contributed by atoms with van der Waals surface area (Å²) in [7, 11) is 0. The second kappa shape index (κ2) is 5.97. The molecule has 0 fully saturated rings. The lowest BCUT2D eigenvalue weighted by Gasteiger charge is -2.16. The van der Waals surface area contributed by atoms with Crippen molar-refractivity contribution in [3.05, 3.63) is 0 Å². The van der Waals surface area contributed by atoms with E-state index in [-0.39, 0.29) is 6.42 Å². The van der Waals surface area contributed by atoms with Crippen molar-refractivity contribution in [2.75, 3.05) is 0 Å². The van der Waals surface area contributed by atoms with Gasteiger partial charge in [0.2, 0.25) is 0 Å². The van der Waals surface area contributed by atoms with Crippen molar-refractivity contribution in [1.82, 2.24) is 0 Å². The number of halogens is 5. The number of unbranched alkanes of at least 4 members (excludes halogenated alkanes) is 1. The normalized spacial score (nSPS) is 17.1. The van der Waals surface area contributed by atoms with Gasteiger partial charge >= 0.3 is 6.18 Å². The van der Waals surface area contributed by atoms with Crippen LogP contribution in [0.2, 0.25) is 0 Å². The number of alkyl halides is 5. The molecule has 0 aromatic carbocycles. The van der Waals surface area contributed by atoms with Gasteiger partial charge in [-0.05, 0) is 12.8 Å². The van der Waals surface area contributed by atoms with Gasteiger partial charge in [0.1, 0.15) is 5.38 Å². The molecule has 0 spiro atoms. The second-order valence-corrected chi connectivity index (χ2v) is 4.13. The number of hydrogen-bond acceptors (Lipinski definition) is 0. The highest BCUT2D eigenvalue weighted by Crippen LogP contribution is 2.30. The Hall–Kier alpha value is 0.370. The van der Waals surface area contributed by atoms with Crippen LogP contribution in [0, 0.1) is 0 Å². The minimum Gasteiger partial charge on any atom is -0.169 e. The molecule has 0 heterocycles. The predicted octanol–water partition coefficient (Wildman–Crippen LogP) is 4.34. The average Bonchev–Trinajstić information content (AvgIpc) is 1.99. The van der Waals surface area contributed by atoms with Gasteiger partial charge in [-0.25, -0.2) is 0 Å². The van der Waals surface area contributed by atoms with Crippen LogP contribution >= 0.6 is 23.2 Å². The molecule has 0 N–H and O–H groups in total. The maximum Gasteiger partial charge on any atom is 0.404 e. The lowest BCUT2D eigenvalue weighted by molar-refractivity contribution is -0.131. The Labute approximate surface area is 86.4 Å². The summed E-state index contributed by atoms with van der Waals surface area (Å²) < 4.78 is 35.8. The van der Waals surface area contributed by atoms with Gasteiger partial charge in [-0.2, -0.15) is 13.2 Å². The quantitative estimate of drug-likeness (QED) is 0.623. The van der Waals surface area contributed by atoms with Crippen molar-refractivity contribution >= 4 is 23.2 Å². The summed E-state index contributed by atoms with van der Waals surface area (Å²) in [6, 6.07) is 0. The zero-order chi connectivity index (χ0) is 10.5. The Morgan fingerprint density at radius 2 is 1.77 bits per heavy atom. The van der Waals surface area contributed by atoms with Crippen LogP contribution in [0.4, 0.5) is 13.2 Å². The van der Waals surface area contributed by atoms with Crippen LogP contribution in [0.3, 0.4) is 0 Å². The fourth-order valence-electron chi connectivity index (χ4n) is 0.902. The first kappa shape index (κ1) is 13.4. The third kappa shape index (κ3) is 6.44. The molecule has 0 aliphatic carbocycles. The van der Waals surface area contributed by atoms with E-state index in [4.69, 9.17) is 23.2 Å². The molecular formula is C8H13Cl2F3. The molecule has 0 bridgehead atoms. The predicted molar refractivity (Wildman–Crippen MR) is 49.5 cm³/mol. The summed E-state index contributed by atoms with van der Waals surface area (Å²) >= 11 is 10.8. The van der Waals surface area contributed by atoms with Crippen LogP contribution < -0.4 is 0 Å². The van der Waals surface area contributed by atoms with Gasteiger partial charge in [-0.3, -0.25) is 0 Å². The van der Waals surface area contributed by atoms with E-state index in [1.54, 1.807) is 0 Å². The molecule has 0 aromatic rings. The van der Waals surface area contributed by atoms with Gasteiger partial charge in [0.05, 0.1) is 0 Å². The maximum atomic E-state index is 11.9. The van der Waals surface area contributed by atoms with Crippen molar-refractivity contribution in [2.45, 2.75) is 49.5 Å². The van der Waals surface area contributed by atoms with E-state index < -0.39 is 16.9 Å². The highest BCUT2D eigenvalue weighted by molar-refractivity contribution is 6.23. The molecule has 2 unspecified atom stereocenters. The number of rotatable bonds is 5. The first-order valence-corrected chi connectivity index (χ1v) is 5.10. The fourth-order valence-corrected chi connectivity index (χ4v) is 1.54. The molecule has 0 saturated carbocycles. The summed E-state index contributed by atoms with van der Waals surface area (Å²) in [6.07, 6.45) is -2.16. The van der Waals surface area contributed by atoms with Crippen LogP contribution in [-0.4, -0.2) is 16.9 Å².